The number of ether oxygens (including phenoxy) is 1. The van der Waals surface area contributed by atoms with Gasteiger partial charge in [0.05, 0.1) is 0 Å². The summed E-state index contributed by atoms with van der Waals surface area (Å²) in [7, 11) is 1.93. The van der Waals surface area contributed by atoms with Crippen molar-refractivity contribution in [1.29, 1.82) is 0 Å². The van der Waals surface area contributed by atoms with E-state index < -0.39 is 0 Å². The smallest absolute Gasteiger partial charge is 0.216 e. The Morgan fingerprint density at radius 1 is 1.05 bits per heavy atom. The van der Waals surface area contributed by atoms with Gasteiger partial charge in [0.2, 0.25) is 5.88 Å². The molecule has 0 aliphatic rings. The largest absolute Gasteiger partial charge is 0.473 e. The lowest BCUT2D eigenvalue weighted by Gasteiger charge is -2.14. The topological polar surface area (TPSA) is 34.1 Å². The third-order valence-corrected chi connectivity index (χ3v) is 3.22. The normalized spacial score (nSPS) is 10.3. The lowest BCUT2D eigenvalue weighted by Crippen LogP contribution is -2.05. The number of aromatic nitrogens is 1. The maximum atomic E-state index is 5.88. The van der Waals surface area contributed by atoms with Crippen LogP contribution in [0.3, 0.4) is 0 Å². The molecule has 19 heavy (non-hydrogen) atoms. The van der Waals surface area contributed by atoms with E-state index in [-0.39, 0.29) is 0 Å². The Morgan fingerprint density at radius 3 is 2.58 bits per heavy atom. The summed E-state index contributed by atoms with van der Waals surface area (Å²) in [5.74, 6) is 0.713. The Kier molecular flexibility index (Phi) is 4.05. The minimum absolute atomic E-state index is 0.528. The molecule has 0 spiro atoms. The van der Waals surface area contributed by atoms with Crippen molar-refractivity contribution < 1.29 is 4.74 Å². The van der Waals surface area contributed by atoms with Crippen LogP contribution in [0.25, 0.3) is 0 Å². The van der Waals surface area contributed by atoms with E-state index in [1.165, 1.54) is 11.1 Å². The monoisotopic (exact) mass is 256 g/mol. The SMILES string of the molecule is CNc1cccc(C)c1COc1nc(C)ccc1C. The molecule has 0 atom stereocenters. The molecule has 0 unspecified atom stereocenters. The fraction of sp³-hybridized carbons (Fsp3) is 0.312. The molecule has 0 fully saturated rings. The van der Waals surface area contributed by atoms with Gasteiger partial charge in [-0.1, -0.05) is 18.2 Å². The minimum atomic E-state index is 0.528. The van der Waals surface area contributed by atoms with E-state index in [0.29, 0.717) is 12.5 Å². The predicted octanol–water partition coefficient (Wildman–Crippen LogP) is 3.63. The molecule has 3 heteroatoms. The average Bonchev–Trinajstić information content (AvgIpc) is 2.40. The van der Waals surface area contributed by atoms with Gasteiger partial charge in [-0.15, -0.1) is 0 Å². The van der Waals surface area contributed by atoms with Crippen LogP contribution in [0.15, 0.2) is 30.3 Å². The third kappa shape index (κ3) is 3.05. The van der Waals surface area contributed by atoms with Crippen LogP contribution in [-0.2, 0) is 6.61 Å². The second-order valence-corrected chi connectivity index (χ2v) is 4.71. The van der Waals surface area contributed by atoms with E-state index in [1.54, 1.807) is 0 Å². The molecule has 0 bridgehead atoms. The number of rotatable bonds is 4. The van der Waals surface area contributed by atoms with Gasteiger partial charge < -0.3 is 10.1 Å². The first-order valence-electron chi connectivity index (χ1n) is 6.45. The number of benzene rings is 1. The van der Waals surface area contributed by atoms with Crippen LogP contribution in [0, 0.1) is 20.8 Å². The Bertz CT molecular complexity index is 579. The average molecular weight is 256 g/mol. The molecule has 1 heterocycles. The molecule has 0 aliphatic heterocycles. The molecule has 0 amide bonds. The number of hydrogen-bond acceptors (Lipinski definition) is 3. The number of nitrogens with one attached hydrogen (secondary N) is 1. The molecule has 0 radical (unpaired) electrons. The highest BCUT2D eigenvalue weighted by Crippen LogP contribution is 2.22. The van der Waals surface area contributed by atoms with Crippen molar-refractivity contribution in [3.63, 3.8) is 0 Å². The van der Waals surface area contributed by atoms with E-state index in [1.807, 2.05) is 39.1 Å². The van der Waals surface area contributed by atoms with Gasteiger partial charge in [0.15, 0.2) is 0 Å². The number of aryl methyl sites for hydroxylation is 3. The van der Waals surface area contributed by atoms with Gasteiger partial charge in [-0.3, -0.25) is 0 Å². The van der Waals surface area contributed by atoms with Gasteiger partial charge >= 0.3 is 0 Å². The van der Waals surface area contributed by atoms with Gasteiger partial charge in [-0.05, 0) is 38.5 Å². The van der Waals surface area contributed by atoms with Gasteiger partial charge in [0.25, 0.3) is 0 Å². The highest BCUT2D eigenvalue weighted by molar-refractivity contribution is 5.53. The summed E-state index contributed by atoms with van der Waals surface area (Å²) >= 11 is 0. The summed E-state index contributed by atoms with van der Waals surface area (Å²) in [5, 5.41) is 3.20. The van der Waals surface area contributed by atoms with Gasteiger partial charge in [-0.25, -0.2) is 4.98 Å². The molecule has 0 saturated heterocycles. The summed E-state index contributed by atoms with van der Waals surface area (Å²) in [4.78, 5) is 4.43. The standard InChI is InChI=1S/C16H20N2O/c1-11-6-5-7-15(17-4)14(11)10-19-16-12(2)8-9-13(3)18-16/h5-9,17H,10H2,1-4H3. The molecule has 1 aromatic heterocycles. The van der Waals surface area contributed by atoms with E-state index in [0.717, 1.165) is 16.9 Å². The summed E-state index contributed by atoms with van der Waals surface area (Å²) in [6.45, 7) is 6.61. The maximum absolute atomic E-state index is 5.88. The van der Waals surface area contributed by atoms with Crippen LogP contribution in [-0.4, -0.2) is 12.0 Å². The number of pyridine rings is 1. The molecule has 1 N–H and O–H groups in total. The highest BCUT2D eigenvalue weighted by atomic mass is 16.5. The van der Waals surface area contributed by atoms with Crippen molar-refractivity contribution in [1.82, 2.24) is 4.98 Å². The summed E-state index contributed by atoms with van der Waals surface area (Å²) in [6.07, 6.45) is 0. The molecule has 100 valence electrons. The molecule has 0 aliphatic carbocycles. The maximum Gasteiger partial charge on any atom is 0.216 e. The second kappa shape index (κ2) is 5.74. The van der Waals surface area contributed by atoms with Crippen LogP contribution < -0.4 is 10.1 Å². The molecular formula is C16H20N2O. The number of nitrogens with zero attached hydrogens (tertiary/aromatic N) is 1. The molecule has 2 aromatic rings. The summed E-state index contributed by atoms with van der Waals surface area (Å²) < 4.78 is 5.88. The van der Waals surface area contributed by atoms with Crippen LogP contribution in [0.1, 0.15) is 22.4 Å². The Morgan fingerprint density at radius 2 is 1.84 bits per heavy atom. The van der Waals surface area contributed by atoms with Crippen molar-refractivity contribution in [2.75, 3.05) is 12.4 Å². The van der Waals surface area contributed by atoms with E-state index in [2.05, 4.69) is 29.4 Å². The van der Waals surface area contributed by atoms with Crippen LogP contribution in [0.4, 0.5) is 5.69 Å². The van der Waals surface area contributed by atoms with E-state index in [9.17, 15) is 0 Å². The first-order chi connectivity index (χ1) is 9.11. The molecule has 0 saturated carbocycles. The quantitative estimate of drug-likeness (QED) is 0.907. The zero-order chi connectivity index (χ0) is 13.8. The Hall–Kier alpha value is -2.03. The zero-order valence-corrected chi connectivity index (χ0v) is 11.9. The van der Waals surface area contributed by atoms with Gasteiger partial charge in [-0.2, -0.15) is 0 Å². The fourth-order valence-electron chi connectivity index (χ4n) is 2.02. The molecular weight excluding hydrogens is 236 g/mol. The molecule has 1 aromatic carbocycles. The highest BCUT2D eigenvalue weighted by Gasteiger charge is 2.07. The van der Waals surface area contributed by atoms with Crippen LogP contribution in [0.2, 0.25) is 0 Å². The fourth-order valence-corrected chi connectivity index (χ4v) is 2.02. The third-order valence-electron chi connectivity index (χ3n) is 3.22. The first kappa shape index (κ1) is 13.4. The number of anilines is 1. The number of hydrogen-bond donors (Lipinski definition) is 1. The summed E-state index contributed by atoms with van der Waals surface area (Å²) in [6, 6.07) is 10.2. The lowest BCUT2D eigenvalue weighted by atomic mass is 10.1. The lowest BCUT2D eigenvalue weighted by molar-refractivity contribution is 0.291. The Balaban J connectivity index is 2.21. The predicted molar refractivity (Wildman–Crippen MR) is 78.8 cm³/mol. The minimum Gasteiger partial charge on any atom is -0.473 e. The van der Waals surface area contributed by atoms with Crippen molar-refractivity contribution in [2.24, 2.45) is 0 Å². The van der Waals surface area contributed by atoms with E-state index in [4.69, 9.17) is 4.74 Å². The Labute approximate surface area is 114 Å². The zero-order valence-electron chi connectivity index (χ0n) is 11.9. The molecule has 2 rings (SSSR count). The van der Waals surface area contributed by atoms with Gasteiger partial charge in [0.1, 0.15) is 6.61 Å². The molecule has 3 nitrogen and oxygen atoms in total. The van der Waals surface area contributed by atoms with Crippen molar-refractivity contribution >= 4 is 5.69 Å². The van der Waals surface area contributed by atoms with Gasteiger partial charge in [0, 0.05) is 29.6 Å². The van der Waals surface area contributed by atoms with Crippen LogP contribution >= 0.6 is 0 Å². The van der Waals surface area contributed by atoms with Crippen LogP contribution in [0.5, 0.6) is 5.88 Å². The summed E-state index contributed by atoms with van der Waals surface area (Å²) in [5.41, 5.74) is 5.53. The van der Waals surface area contributed by atoms with Crippen molar-refractivity contribution in [2.45, 2.75) is 27.4 Å². The van der Waals surface area contributed by atoms with E-state index >= 15 is 0 Å². The van der Waals surface area contributed by atoms with Crippen molar-refractivity contribution in [3.8, 4) is 5.88 Å². The van der Waals surface area contributed by atoms with Crippen molar-refractivity contribution in [3.05, 3.63) is 52.7 Å². The first-order valence-corrected chi connectivity index (χ1v) is 6.45. The second-order valence-electron chi connectivity index (χ2n) is 4.71.